The van der Waals surface area contributed by atoms with Gasteiger partial charge in [-0.05, 0) is 48.5 Å². The monoisotopic (exact) mass is 384 g/mol. The number of ether oxygens (including phenoxy) is 2. The quantitative estimate of drug-likeness (QED) is 0.587. The predicted octanol–water partition coefficient (Wildman–Crippen LogP) is 6.24. The summed E-state index contributed by atoms with van der Waals surface area (Å²) < 4.78 is 17.6. The second-order valence-electron chi connectivity index (χ2n) is 9.65. The fourth-order valence-corrected chi connectivity index (χ4v) is 6.32. The van der Waals surface area contributed by atoms with Crippen molar-refractivity contribution in [3.8, 4) is 11.5 Å². The topological polar surface area (TPSA) is 48.7 Å². The summed E-state index contributed by atoms with van der Waals surface area (Å²) >= 11 is 0. The Morgan fingerprint density at radius 2 is 1.89 bits per heavy atom. The highest BCUT2D eigenvalue weighted by molar-refractivity contribution is 6.01. The third kappa shape index (κ3) is 2.53. The van der Waals surface area contributed by atoms with E-state index in [0.717, 1.165) is 30.3 Å². The first kappa shape index (κ1) is 19.4. The van der Waals surface area contributed by atoms with Gasteiger partial charge in [0, 0.05) is 16.9 Å². The van der Waals surface area contributed by atoms with Crippen molar-refractivity contribution in [1.82, 2.24) is 0 Å². The Hall–Kier alpha value is -1.97. The van der Waals surface area contributed by atoms with Crippen molar-refractivity contribution in [3.63, 3.8) is 0 Å². The van der Waals surface area contributed by atoms with Crippen molar-refractivity contribution in [2.75, 3.05) is 14.2 Å². The minimum Gasteiger partial charge on any atom is -0.493 e. The summed E-state index contributed by atoms with van der Waals surface area (Å²) in [7, 11) is 3.18. The molecule has 3 atom stereocenters. The molecule has 2 aliphatic rings. The highest BCUT2D eigenvalue weighted by atomic mass is 16.5. The summed E-state index contributed by atoms with van der Waals surface area (Å²) in [6, 6.07) is 2.02. The van der Waals surface area contributed by atoms with Crippen LogP contribution in [0.4, 0.5) is 0 Å². The van der Waals surface area contributed by atoms with Crippen molar-refractivity contribution < 1.29 is 18.7 Å². The normalized spacial score (nSPS) is 28.9. The lowest BCUT2D eigenvalue weighted by Crippen LogP contribution is -2.44. The molecule has 0 N–H and O–H groups in total. The molecule has 4 heteroatoms. The maximum absolute atomic E-state index is 12.0. The van der Waals surface area contributed by atoms with Gasteiger partial charge in [0.05, 0.1) is 14.2 Å². The van der Waals surface area contributed by atoms with Crippen molar-refractivity contribution in [2.24, 2.45) is 11.3 Å². The molecule has 0 aliphatic heterocycles. The molecule has 0 amide bonds. The number of benzene rings is 1. The summed E-state index contributed by atoms with van der Waals surface area (Å²) in [5.74, 6) is 3.01. The van der Waals surface area contributed by atoms with E-state index in [0.29, 0.717) is 39.9 Å². The molecule has 1 aromatic heterocycles. The van der Waals surface area contributed by atoms with Gasteiger partial charge in [0.15, 0.2) is 17.8 Å². The molecular formula is C24H32O4. The van der Waals surface area contributed by atoms with Crippen molar-refractivity contribution >= 4 is 17.3 Å². The number of hydrogen-bond acceptors (Lipinski definition) is 4. The second-order valence-corrected chi connectivity index (χ2v) is 9.65. The van der Waals surface area contributed by atoms with Crippen LogP contribution in [0.25, 0.3) is 11.0 Å². The van der Waals surface area contributed by atoms with E-state index in [1.54, 1.807) is 14.2 Å². The van der Waals surface area contributed by atoms with Crippen LogP contribution in [0.1, 0.15) is 87.4 Å². The standard InChI is InChI=1S/C24H32O4/c1-14-8-9-18-23(2,3)10-7-11-24(18,4)19-15-12-17(26-5)22(27-6)16(13-25)21(15)28-20(14)19/h12-14,18H,7-11H2,1-6H3/t14-,18+,24+/m0/s1. The average molecular weight is 385 g/mol. The zero-order valence-electron chi connectivity index (χ0n) is 18.0. The summed E-state index contributed by atoms with van der Waals surface area (Å²) in [4.78, 5) is 12.0. The first-order valence-electron chi connectivity index (χ1n) is 10.5. The molecule has 0 spiro atoms. The van der Waals surface area contributed by atoms with Crippen LogP contribution in [0, 0.1) is 11.3 Å². The van der Waals surface area contributed by atoms with Crippen LogP contribution in [-0.2, 0) is 5.41 Å². The molecule has 28 heavy (non-hydrogen) atoms. The molecule has 0 radical (unpaired) electrons. The van der Waals surface area contributed by atoms with Gasteiger partial charge in [-0.15, -0.1) is 0 Å². The van der Waals surface area contributed by atoms with E-state index in [2.05, 4.69) is 27.7 Å². The summed E-state index contributed by atoms with van der Waals surface area (Å²) in [6.07, 6.45) is 6.80. The molecule has 0 saturated heterocycles. The summed E-state index contributed by atoms with van der Waals surface area (Å²) in [5, 5.41) is 1.02. The van der Waals surface area contributed by atoms with E-state index in [1.807, 2.05) is 6.07 Å². The van der Waals surface area contributed by atoms with E-state index in [9.17, 15) is 4.79 Å². The van der Waals surface area contributed by atoms with Gasteiger partial charge in [-0.2, -0.15) is 0 Å². The molecule has 0 bridgehead atoms. The van der Waals surface area contributed by atoms with Gasteiger partial charge >= 0.3 is 0 Å². The summed E-state index contributed by atoms with van der Waals surface area (Å²) in [6.45, 7) is 9.52. The molecule has 1 heterocycles. The largest absolute Gasteiger partial charge is 0.493 e. The molecule has 4 rings (SSSR count). The van der Waals surface area contributed by atoms with Crippen LogP contribution < -0.4 is 9.47 Å². The maximum atomic E-state index is 12.0. The first-order valence-corrected chi connectivity index (χ1v) is 10.5. The second kappa shape index (κ2) is 6.53. The van der Waals surface area contributed by atoms with Crippen LogP contribution in [0.5, 0.6) is 11.5 Å². The minimum absolute atomic E-state index is 0.0346. The number of rotatable bonds is 3. The van der Waals surface area contributed by atoms with Gasteiger partial charge in [0.2, 0.25) is 0 Å². The predicted molar refractivity (Wildman–Crippen MR) is 111 cm³/mol. The Morgan fingerprint density at radius 1 is 1.14 bits per heavy atom. The van der Waals surface area contributed by atoms with Crippen LogP contribution in [0.2, 0.25) is 0 Å². The number of hydrogen-bond donors (Lipinski definition) is 0. The van der Waals surface area contributed by atoms with Crippen molar-refractivity contribution in [2.45, 2.75) is 71.1 Å². The maximum Gasteiger partial charge on any atom is 0.175 e. The van der Waals surface area contributed by atoms with Crippen LogP contribution in [-0.4, -0.2) is 20.5 Å². The molecule has 4 nitrogen and oxygen atoms in total. The third-order valence-corrected chi connectivity index (χ3v) is 7.64. The Balaban J connectivity index is 2.09. The lowest BCUT2D eigenvalue weighted by molar-refractivity contribution is 0.0504. The number of fused-ring (bicyclic) bond motifs is 5. The van der Waals surface area contributed by atoms with Crippen LogP contribution in [0.3, 0.4) is 0 Å². The molecule has 1 fully saturated rings. The zero-order chi connectivity index (χ0) is 20.3. The lowest BCUT2D eigenvalue weighted by atomic mass is 9.53. The first-order chi connectivity index (χ1) is 13.3. The molecule has 152 valence electrons. The molecule has 0 unspecified atom stereocenters. The van der Waals surface area contributed by atoms with Gasteiger partial charge in [-0.25, -0.2) is 0 Å². The minimum atomic E-state index is 0.0346. The Bertz CT molecular complexity index is 923. The molecule has 1 saturated carbocycles. The fourth-order valence-electron chi connectivity index (χ4n) is 6.32. The summed E-state index contributed by atoms with van der Waals surface area (Å²) in [5.41, 5.74) is 2.73. The Kier molecular flexibility index (Phi) is 4.52. The van der Waals surface area contributed by atoms with Gasteiger partial charge in [-0.1, -0.05) is 34.1 Å². The highest BCUT2D eigenvalue weighted by Gasteiger charge is 2.51. The molecule has 1 aromatic carbocycles. The Labute approximate surface area is 167 Å². The molecular weight excluding hydrogens is 352 g/mol. The highest BCUT2D eigenvalue weighted by Crippen LogP contribution is 2.60. The van der Waals surface area contributed by atoms with E-state index in [-0.39, 0.29) is 5.41 Å². The van der Waals surface area contributed by atoms with Crippen molar-refractivity contribution in [1.29, 1.82) is 0 Å². The van der Waals surface area contributed by atoms with Gasteiger partial charge in [-0.3, -0.25) is 4.79 Å². The number of aldehydes is 1. The van der Waals surface area contributed by atoms with Gasteiger partial charge in [0.25, 0.3) is 0 Å². The smallest absolute Gasteiger partial charge is 0.175 e. The molecule has 2 aromatic rings. The average Bonchev–Trinajstić information content (AvgIpc) is 3.00. The van der Waals surface area contributed by atoms with Crippen molar-refractivity contribution in [3.05, 3.63) is 23.0 Å². The lowest BCUT2D eigenvalue weighted by Gasteiger charge is -2.50. The van der Waals surface area contributed by atoms with E-state index >= 15 is 0 Å². The zero-order valence-corrected chi connectivity index (χ0v) is 18.0. The SMILES string of the molecule is COc1cc2c3c(oc2c(C=O)c1OC)[C@@H](C)CC[C@@H]1C(C)(C)CCC[C@@]31C. The number of carbonyl (C=O) groups excluding carboxylic acids is 1. The van der Waals surface area contributed by atoms with E-state index in [1.165, 1.54) is 24.8 Å². The number of carbonyl (C=O) groups is 1. The Morgan fingerprint density at radius 3 is 2.54 bits per heavy atom. The van der Waals surface area contributed by atoms with E-state index < -0.39 is 0 Å². The fraction of sp³-hybridized carbons (Fsp3) is 0.625. The molecule has 2 aliphatic carbocycles. The van der Waals surface area contributed by atoms with Crippen LogP contribution in [0.15, 0.2) is 10.5 Å². The van der Waals surface area contributed by atoms with E-state index in [4.69, 9.17) is 13.9 Å². The van der Waals surface area contributed by atoms with Gasteiger partial charge in [0.1, 0.15) is 16.9 Å². The number of methoxy groups -OCH3 is 2. The van der Waals surface area contributed by atoms with Gasteiger partial charge < -0.3 is 13.9 Å². The number of furan rings is 1. The van der Waals surface area contributed by atoms with Crippen LogP contribution >= 0.6 is 0 Å². The third-order valence-electron chi connectivity index (χ3n) is 7.64.